The summed E-state index contributed by atoms with van der Waals surface area (Å²) in [5.41, 5.74) is 2.26. The third kappa shape index (κ3) is 3.42. The van der Waals surface area contributed by atoms with Crippen molar-refractivity contribution in [2.75, 3.05) is 16.6 Å². The Morgan fingerprint density at radius 2 is 1.47 bits per heavy atom. The molecule has 0 unspecified atom stereocenters. The van der Waals surface area contributed by atoms with E-state index in [9.17, 15) is 9.59 Å². The van der Waals surface area contributed by atoms with E-state index in [1.807, 2.05) is 67.6 Å². The van der Waals surface area contributed by atoms with Crippen molar-refractivity contribution in [1.82, 2.24) is 0 Å². The highest BCUT2D eigenvalue weighted by molar-refractivity contribution is 6.23. The van der Waals surface area contributed by atoms with Crippen molar-refractivity contribution in [2.45, 2.75) is 25.5 Å². The first-order valence-electron chi connectivity index (χ1n) is 10.9. The minimum absolute atomic E-state index is 0.255. The SMILES string of the molecule is CCCOc1ccc(N2C(=O)[C@@H]3[C@H](ON(c4ccccc4)[C@@H]3c3ccccc3)C2=O)cc1. The van der Waals surface area contributed by atoms with Crippen molar-refractivity contribution in [2.24, 2.45) is 5.92 Å². The van der Waals surface area contributed by atoms with Gasteiger partial charge in [0.25, 0.3) is 5.91 Å². The molecule has 6 nitrogen and oxygen atoms in total. The number of carbonyl (C=O) groups is 2. The topological polar surface area (TPSA) is 59.1 Å². The number of carbonyl (C=O) groups excluding carboxylic acids is 2. The van der Waals surface area contributed by atoms with Crippen LogP contribution in [-0.4, -0.2) is 24.5 Å². The van der Waals surface area contributed by atoms with Gasteiger partial charge in [0, 0.05) is 0 Å². The Labute approximate surface area is 186 Å². The largest absolute Gasteiger partial charge is 0.494 e. The fourth-order valence-corrected chi connectivity index (χ4v) is 4.37. The second-order valence-electron chi connectivity index (χ2n) is 7.92. The van der Waals surface area contributed by atoms with Crippen molar-refractivity contribution in [3.05, 3.63) is 90.5 Å². The lowest BCUT2D eigenvalue weighted by atomic mass is 9.90. The van der Waals surface area contributed by atoms with E-state index in [2.05, 4.69) is 0 Å². The number of nitrogens with zero attached hydrogens (tertiary/aromatic N) is 2. The fraction of sp³-hybridized carbons (Fsp3) is 0.231. The molecule has 5 rings (SSSR count). The van der Waals surface area contributed by atoms with Crippen molar-refractivity contribution in [3.63, 3.8) is 0 Å². The molecule has 2 aliphatic heterocycles. The predicted octanol–water partition coefficient (Wildman–Crippen LogP) is 4.53. The molecule has 2 heterocycles. The summed E-state index contributed by atoms with van der Waals surface area (Å²) >= 11 is 0. The molecule has 0 radical (unpaired) electrons. The van der Waals surface area contributed by atoms with Gasteiger partial charge in [-0.2, -0.15) is 0 Å². The molecule has 2 amide bonds. The summed E-state index contributed by atoms with van der Waals surface area (Å²) in [5, 5.41) is 1.71. The van der Waals surface area contributed by atoms with E-state index in [0.717, 1.165) is 17.7 Å². The first-order chi connectivity index (χ1) is 15.7. The van der Waals surface area contributed by atoms with Gasteiger partial charge in [-0.15, -0.1) is 0 Å². The molecule has 162 valence electrons. The summed E-state index contributed by atoms with van der Waals surface area (Å²) in [4.78, 5) is 34.3. The quantitative estimate of drug-likeness (QED) is 0.540. The molecule has 2 saturated heterocycles. The minimum Gasteiger partial charge on any atom is -0.494 e. The van der Waals surface area contributed by atoms with Crippen LogP contribution < -0.4 is 14.7 Å². The molecule has 3 atom stereocenters. The van der Waals surface area contributed by atoms with Crippen LogP contribution in [0.1, 0.15) is 24.9 Å². The van der Waals surface area contributed by atoms with E-state index in [4.69, 9.17) is 9.57 Å². The van der Waals surface area contributed by atoms with Crippen LogP contribution in [0.25, 0.3) is 0 Å². The first kappa shape index (κ1) is 20.3. The molecule has 0 aromatic heterocycles. The number of hydrogen-bond acceptors (Lipinski definition) is 5. The molecule has 32 heavy (non-hydrogen) atoms. The molecule has 2 aliphatic rings. The summed E-state index contributed by atoms with van der Waals surface area (Å²) in [7, 11) is 0. The second-order valence-corrected chi connectivity index (χ2v) is 7.92. The number of imide groups is 1. The summed E-state index contributed by atoms with van der Waals surface area (Å²) in [6, 6.07) is 25.9. The summed E-state index contributed by atoms with van der Waals surface area (Å²) in [6.45, 7) is 2.66. The second kappa shape index (κ2) is 8.48. The Morgan fingerprint density at radius 3 is 2.12 bits per heavy atom. The summed E-state index contributed by atoms with van der Waals surface area (Å²) in [6.07, 6.45) is 0.0357. The maximum Gasteiger partial charge on any atom is 0.266 e. The maximum absolute atomic E-state index is 13.6. The summed E-state index contributed by atoms with van der Waals surface area (Å²) < 4.78 is 5.62. The number of para-hydroxylation sites is 1. The fourth-order valence-electron chi connectivity index (χ4n) is 4.37. The molecule has 0 bridgehead atoms. The van der Waals surface area contributed by atoms with Crippen LogP contribution in [0.3, 0.4) is 0 Å². The Morgan fingerprint density at radius 1 is 0.812 bits per heavy atom. The number of hydrogen-bond donors (Lipinski definition) is 0. The van der Waals surface area contributed by atoms with Crippen molar-refractivity contribution in [1.29, 1.82) is 0 Å². The highest BCUT2D eigenvalue weighted by Gasteiger charge is 2.60. The molecule has 0 aliphatic carbocycles. The average Bonchev–Trinajstić information content (AvgIpc) is 3.35. The van der Waals surface area contributed by atoms with Crippen molar-refractivity contribution < 1.29 is 19.2 Å². The molecular weight excluding hydrogens is 404 g/mol. The zero-order chi connectivity index (χ0) is 22.1. The van der Waals surface area contributed by atoms with Crippen LogP contribution in [0.2, 0.25) is 0 Å². The Balaban J connectivity index is 1.49. The zero-order valence-electron chi connectivity index (χ0n) is 17.8. The molecular formula is C26H24N2O4. The van der Waals surface area contributed by atoms with Crippen LogP contribution in [0.15, 0.2) is 84.9 Å². The Hall–Kier alpha value is -3.64. The first-order valence-corrected chi connectivity index (χ1v) is 10.9. The monoisotopic (exact) mass is 428 g/mol. The van der Waals surface area contributed by atoms with E-state index in [-0.39, 0.29) is 11.8 Å². The van der Waals surface area contributed by atoms with E-state index < -0.39 is 18.1 Å². The van der Waals surface area contributed by atoms with Crippen molar-refractivity contribution in [3.8, 4) is 5.75 Å². The smallest absolute Gasteiger partial charge is 0.266 e. The molecule has 0 N–H and O–H groups in total. The lowest BCUT2D eigenvalue weighted by molar-refractivity contribution is -0.126. The predicted molar refractivity (Wildman–Crippen MR) is 121 cm³/mol. The van der Waals surface area contributed by atoms with E-state index >= 15 is 0 Å². The maximum atomic E-state index is 13.6. The molecule has 6 heteroatoms. The third-order valence-corrected chi connectivity index (χ3v) is 5.83. The van der Waals surface area contributed by atoms with E-state index in [1.165, 1.54) is 4.90 Å². The zero-order valence-corrected chi connectivity index (χ0v) is 17.8. The standard InChI is InChI=1S/C26H24N2O4/c1-2-17-31-21-15-13-19(14-16-21)27-25(29)22-23(18-9-5-3-6-10-18)28(32-24(22)26(27)30)20-11-7-4-8-12-20/h3-16,22-24H,2,17H2,1H3/t22-,23+,24-/m0/s1. The molecule has 3 aromatic carbocycles. The number of ether oxygens (including phenoxy) is 1. The number of benzene rings is 3. The van der Waals surface area contributed by atoms with Gasteiger partial charge >= 0.3 is 0 Å². The van der Waals surface area contributed by atoms with Gasteiger partial charge in [-0.05, 0) is 48.4 Å². The van der Waals surface area contributed by atoms with Crippen LogP contribution in [0.5, 0.6) is 5.75 Å². The van der Waals surface area contributed by atoms with Gasteiger partial charge in [-0.3, -0.25) is 14.4 Å². The highest BCUT2D eigenvalue weighted by Crippen LogP contribution is 2.47. The number of amides is 2. The van der Waals surface area contributed by atoms with Gasteiger partial charge in [-0.1, -0.05) is 55.5 Å². The van der Waals surface area contributed by atoms with Gasteiger partial charge in [-0.25, -0.2) is 9.96 Å². The van der Waals surface area contributed by atoms with E-state index in [1.54, 1.807) is 29.3 Å². The van der Waals surface area contributed by atoms with Crippen LogP contribution >= 0.6 is 0 Å². The highest BCUT2D eigenvalue weighted by atomic mass is 16.7. The number of anilines is 2. The summed E-state index contributed by atoms with van der Waals surface area (Å²) in [5.74, 6) is -0.527. The number of fused-ring (bicyclic) bond motifs is 1. The minimum atomic E-state index is -0.871. The van der Waals surface area contributed by atoms with Crippen molar-refractivity contribution >= 4 is 23.2 Å². The average molecular weight is 428 g/mol. The van der Waals surface area contributed by atoms with Gasteiger partial charge in [0.1, 0.15) is 11.7 Å². The van der Waals surface area contributed by atoms with Crippen LogP contribution in [-0.2, 0) is 14.4 Å². The number of rotatable bonds is 6. The lowest BCUT2D eigenvalue weighted by Gasteiger charge is -2.28. The Kier molecular flexibility index (Phi) is 5.37. The lowest BCUT2D eigenvalue weighted by Crippen LogP contribution is -2.37. The van der Waals surface area contributed by atoms with Crippen LogP contribution in [0, 0.1) is 5.92 Å². The van der Waals surface area contributed by atoms with Gasteiger partial charge in [0.15, 0.2) is 6.10 Å². The molecule has 0 spiro atoms. The van der Waals surface area contributed by atoms with Crippen LogP contribution in [0.4, 0.5) is 11.4 Å². The Bertz CT molecular complexity index is 1100. The van der Waals surface area contributed by atoms with Gasteiger partial charge in [0.2, 0.25) is 5.91 Å². The molecule has 0 saturated carbocycles. The van der Waals surface area contributed by atoms with Gasteiger partial charge < -0.3 is 4.74 Å². The third-order valence-electron chi connectivity index (χ3n) is 5.83. The van der Waals surface area contributed by atoms with Gasteiger partial charge in [0.05, 0.1) is 24.0 Å². The molecule has 2 fully saturated rings. The normalized spacial score (nSPS) is 22.3. The number of hydroxylamine groups is 1. The molecule has 3 aromatic rings. The van der Waals surface area contributed by atoms with E-state index in [0.29, 0.717) is 18.0 Å².